The molecule has 2 atom stereocenters. The van der Waals surface area contributed by atoms with Crippen molar-refractivity contribution in [3.63, 3.8) is 0 Å². The molecule has 1 aromatic heterocycles. The van der Waals surface area contributed by atoms with E-state index >= 15 is 0 Å². The van der Waals surface area contributed by atoms with Gasteiger partial charge in [-0.25, -0.2) is 9.48 Å². The molecule has 1 N–H and O–H groups in total. The smallest absolute Gasteiger partial charge is 0.410 e. The minimum Gasteiger partial charge on any atom is -0.444 e. The number of fused-ring (bicyclic) bond motifs is 1. The number of likely N-dealkylation sites (tertiary alicyclic amines) is 1. The predicted molar refractivity (Wildman–Crippen MR) is 162 cm³/mol. The summed E-state index contributed by atoms with van der Waals surface area (Å²) in [6.45, 7) is 9.19. The Hall–Kier alpha value is -4.24. The summed E-state index contributed by atoms with van der Waals surface area (Å²) in [7, 11) is 0. The summed E-state index contributed by atoms with van der Waals surface area (Å²) in [6, 6.07) is 22.5. The Bertz CT molecular complexity index is 1530. The van der Waals surface area contributed by atoms with E-state index in [1.807, 2.05) is 68.0 Å². The molecular formula is C33H39N5O4. The van der Waals surface area contributed by atoms with Gasteiger partial charge in [0, 0.05) is 31.6 Å². The van der Waals surface area contributed by atoms with Crippen molar-refractivity contribution in [1.29, 1.82) is 0 Å². The average molecular weight is 570 g/mol. The van der Waals surface area contributed by atoms with Crippen LogP contribution in [0.25, 0.3) is 10.8 Å². The molecule has 42 heavy (non-hydrogen) atoms. The second-order valence-electron chi connectivity index (χ2n) is 11.9. The Morgan fingerprint density at radius 1 is 1.00 bits per heavy atom. The number of carbonyl (C=O) groups is 2. The monoisotopic (exact) mass is 569 g/mol. The van der Waals surface area contributed by atoms with E-state index in [-0.39, 0.29) is 24.0 Å². The molecule has 1 aliphatic heterocycles. The fourth-order valence-electron chi connectivity index (χ4n) is 5.37. The van der Waals surface area contributed by atoms with E-state index in [0.29, 0.717) is 32.7 Å². The maximum Gasteiger partial charge on any atom is 0.410 e. The number of aryl methyl sites for hydroxylation is 2. The number of anilines is 1. The van der Waals surface area contributed by atoms with Gasteiger partial charge in [0.1, 0.15) is 5.60 Å². The second kappa shape index (κ2) is 12.7. The van der Waals surface area contributed by atoms with Crippen molar-refractivity contribution >= 4 is 28.5 Å². The van der Waals surface area contributed by atoms with Crippen LogP contribution in [0.4, 0.5) is 10.5 Å². The van der Waals surface area contributed by atoms with E-state index in [1.165, 1.54) is 17.7 Å². The number of hydrogen-bond acceptors (Lipinski definition) is 6. The molecule has 0 unspecified atom stereocenters. The highest BCUT2D eigenvalue weighted by molar-refractivity contribution is 5.88. The van der Waals surface area contributed by atoms with Gasteiger partial charge in [0.25, 0.3) is 0 Å². The molecule has 9 heteroatoms. The summed E-state index contributed by atoms with van der Waals surface area (Å²) in [5.74, 6) is -0.0774. The molecule has 1 aliphatic rings. The lowest BCUT2D eigenvalue weighted by Crippen LogP contribution is -2.48. The molecule has 0 aliphatic carbocycles. The van der Waals surface area contributed by atoms with E-state index in [4.69, 9.17) is 9.47 Å². The van der Waals surface area contributed by atoms with Crippen LogP contribution >= 0.6 is 0 Å². The number of nitrogens with one attached hydrogen (secondary N) is 1. The molecule has 0 spiro atoms. The largest absolute Gasteiger partial charge is 0.444 e. The fraction of sp³-hybridized carbons (Fsp3) is 0.394. The third-order valence-electron chi connectivity index (χ3n) is 7.40. The third kappa shape index (κ3) is 7.53. The minimum atomic E-state index is -0.571. The van der Waals surface area contributed by atoms with Gasteiger partial charge in [0.05, 0.1) is 31.1 Å². The van der Waals surface area contributed by atoms with Gasteiger partial charge in [-0.15, -0.1) is 5.10 Å². The fourth-order valence-corrected chi connectivity index (χ4v) is 5.37. The quantitative estimate of drug-likeness (QED) is 0.282. The van der Waals surface area contributed by atoms with Crippen LogP contribution in [0.1, 0.15) is 56.9 Å². The number of amides is 2. The Morgan fingerprint density at radius 2 is 1.74 bits per heavy atom. The molecule has 1 fully saturated rings. The van der Waals surface area contributed by atoms with Crippen LogP contribution in [-0.2, 0) is 33.8 Å². The number of hydrogen-bond donors (Lipinski definition) is 1. The van der Waals surface area contributed by atoms with Crippen LogP contribution in [0.3, 0.4) is 0 Å². The van der Waals surface area contributed by atoms with Gasteiger partial charge in [-0.1, -0.05) is 53.7 Å². The van der Waals surface area contributed by atoms with Crippen molar-refractivity contribution in [2.24, 2.45) is 0 Å². The maximum absolute atomic E-state index is 13.0. The molecule has 5 rings (SSSR count). The highest BCUT2D eigenvalue weighted by Gasteiger charge is 2.37. The molecule has 4 aromatic rings. The van der Waals surface area contributed by atoms with E-state index in [1.54, 1.807) is 4.90 Å². The summed E-state index contributed by atoms with van der Waals surface area (Å²) in [4.78, 5) is 26.0. The van der Waals surface area contributed by atoms with Crippen molar-refractivity contribution < 1.29 is 19.1 Å². The Labute approximate surface area is 246 Å². The number of ether oxygens (including phenoxy) is 2. The SMILES string of the molecule is CC(=O)Nc1ccc(CCn2nncc2[C@@H]2CCN(C(=O)OC(C)(C)C)C[C@H]2OCc2ccc3ccccc3c2)cc1. The Balaban J connectivity index is 1.31. The lowest BCUT2D eigenvalue weighted by Gasteiger charge is -2.38. The topological polar surface area (TPSA) is 98.6 Å². The van der Waals surface area contributed by atoms with E-state index in [2.05, 4.69) is 46.0 Å². The lowest BCUT2D eigenvalue weighted by atomic mass is 9.90. The Morgan fingerprint density at radius 3 is 2.48 bits per heavy atom. The van der Waals surface area contributed by atoms with Gasteiger partial charge >= 0.3 is 6.09 Å². The van der Waals surface area contributed by atoms with Crippen LogP contribution in [0.5, 0.6) is 0 Å². The van der Waals surface area contributed by atoms with Crippen molar-refractivity contribution in [2.45, 2.75) is 71.3 Å². The van der Waals surface area contributed by atoms with E-state index < -0.39 is 5.60 Å². The van der Waals surface area contributed by atoms with Gasteiger partial charge in [-0.3, -0.25) is 4.79 Å². The summed E-state index contributed by atoms with van der Waals surface area (Å²) in [6.07, 6.45) is 2.71. The summed E-state index contributed by atoms with van der Waals surface area (Å²) in [5.41, 5.74) is 3.41. The van der Waals surface area contributed by atoms with Crippen molar-refractivity contribution in [3.8, 4) is 0 Å². The van der Waals surface area contributed by atoms with Crippen LogP contribution in [0, 0.1) is 0 Å². The van der Waals surface area contributed by atoms with E-state index in [9.17, 15) is 9.59 Å². The number of rotatable bonds is 8. The van der Waals surface area contributed by atoms with Gasteiger partial charge in [-0.2, -0.15) is 0 Å². The average Bonchev–Trinajstić information content (AvgIpc) is 3.42. The minimum absolute atomic E-state index is 0.0151. The highest BCUT2D eigenvalue weighted by Crippen LogP contribution is 2.32. The molecular weight excluding hydrogens is 530 g/mol. The standard InChI is InChI=1S/C33H39N5O4/c1-23(39)35-28-13-10-24(11-14-28)15-18-38-30(20-34-36-38)29-16-17-37(32(40)42-33(2,3)4)21-31(29)41-22-25-9-12-26-7-5-6-8-27(26)19-25/h5-14,19-20,29,31H,15-18,21-22H2,1-4H3,(H,35,39)/t29-,31+/m0/s1. The zero-order chi connectivity index (χ0) is 29.7. The van der Waals surface area contributed by atoms with Crippen molar-refractivity contribution in [1.82, 2.24) is 19.9 Å². The second-order valence-corrected chi connectivity index (χ2v) is 11.9. The first-order chi connectivity index (χ1) is 20.1. The van der Waals surface area contributed by atoms with E-state index in [0.717, 1.165) is 28.9 Å². The molecule has 1 saturated heterocycles. The Kier molecular flexibility index (Phi) is 8.87. The van der Waals surface area contributed by atoms with Crippen LogP contribution in [-0.4, -0.2) is 56.7 Å². The first-order valence-corrected chi connectivity index (χ1v) is 14.5. The van der Waals surface area contributed by atoms with Crippen LogP contribution in [0.15, 0.2) is 72.9 Å². The zero-order valence-corrected chi connectivity index (χ0v) is 24.7. The molecule has 3 aromatic carbocycles. The lowest BCUT2D eigenvalue weighted by molar-refractivity contribution is -0.114. The van der Waals surface area contributed by atoms with Crippen molar-refractivity contribution in [2.75, 3.05) is 18.4 Å². The molecule has 220 valence electrons. The van der Waals surface area contributed by atoms with Gasteiger partial charge in [0.2, 0.25) is 5.91 Å². The molecule has 0 bridgehead atoms. The normalized spacial score (nSPS) is 17.3. The molecule has 0 saturated carbocycles. The summed E-state index contributed by atoms with van der Waals surface area (Å²) >= 11 is 0. The van der Waals surface area contributed by atoms with Crippen LogP contribution < -0.4 is 5.32 Å². The van der Waals surface area contributed by atoms with Crippen molar-refractivity contribution in [3.05, 3.63) is 89.7 Å². The molecule has 2 amide bonds. The summed E-state index contributed by atoms with van der Waals surface area (Å²) in [5, 5.41) is 13.8. The summed E-state index contributed by atoms with van der Waals surface area (Å²) < 4.78 is 14.2. The third-order valence-corrected chi connectivity index (χ3v) is 7.40. The molecule has 0 radical (unpaired) electrons. The number of nitrogens with zero attached hydrogens (tertiary/aromatic N) is 4. The first-order valence-electron chi connectivity index (χ1n) is 14.5. The molecule has 2 heterocycles. The van der Waals surface area contributed by atoms with Gasteiger partial charge in [-0.05, 0) is 73.7 Å². The zero-order valence-electron chi connectivity index (χ0n) is 24.7. The first kappa shape index (κ1) is 29.3. The number of carbonyl (C=O) groups excluding carboxylic acids is 2. The van der Waals surface area contributed by atoms with Gasteiger partial charge in [0.15, 0.2) is 0 Å². The number of piperidine rings is 1. The van der Waals surface area contributed by atoms with Crippen LogP contribution in [0.2, 0.25) is 0 Å². The predicted octanol–water partition coefficient (Wildman–Crippen LogP) is 5.94. The highest BCUT2D eigenvalue weighted by atomic mass is 16.6. The number of aromatic nitrogens is 3. The van der Waals surface area contributed by atoms with Gasteiger partial charge < -0.3 is 19.7 Å². The molecule has 9 nitrogen and oxygen atoms in total. The maximum atomic E-state index is 13.0. The number of benzene rings is 3.